The van der Waals surface area contributed by atoms with Gasteiger partial charge in [0.2, 0.25) is 11.8 Å². The molecule has 0 unspecified atom stereocenters. The van der Waals surface area contributed by atoms with Crippen molar-refractivity contribution in [1.82, 2.24) is 9.29 Å². The molecule has 3 aromatic rings. The Balaban J connectivity index is 1.58. The molecule has 0 bridgehead atoms. The molecular weight excluding hydrogens is 438 g/mol. The quantitative estimate of drug-likeness (QED) is 0.606. The van der Waals surface area contributed by atoms with Crippen molar-refractivity contribution >= 4 is 48.5 Å². The molecule has 8 nitrogen and oxygen atoms in total. The molecule has 31 heavy (non-hydrogen) atoms. The Hall–Kier alpha value is -2.98. The Morgan fingerprint density at radius 2 is 2.00 bits per heavy atom. The van der Waals surface area contributed by atoms with Crippen LogP contribution in [0.15, 0.2) is 47.4 Å². The SMILES string of the molecule is CCOc1ccc2nc(NC(=O)[C@@H]3CCC(=O)N3S(=O)(=O)c3ccc(C)cc3)sc2c1. The van der Waals surface area contributed by atoms with Gasteiger partial charge in [0, 0.05) is 6.42 Å². The van der Waals surface area contributed by atoms with E-state index < -0.39 is 27.9 Å². The second-order valence-electron chi connectivity index (χ2n) is 7.13. The number of nitrogens with zero attached hydrogens (tertiary/aromatic N) is 2. The third-order valence-corrected chi connectivity index (χ3v) is 7.72. The maximum Gasteiger partial charge on any atom is 0.267 e. The normalized spacial score (nSPS) is 16.6. The second kappa shape index (κ2) is 8.27. The van der Waals surface area contributed by atoms with Crippen LogP contribution in [0.25, 0.3) is 10.2 Å². The minimum Gasteiger partial charge on any atom is -0.494 e. The van der Waals surface area contributed by atoms with E-state index >= 15 is 0 Å². The molecular formula is C21H21N3O5S2. The molecule has 1 aliphatic heterocycles. The van der Waals surface area contributed by atoms with Crippen molar-refractivity contribution in [2.45, 2.75) is 37.6 Å². The van der Waals surface area contributed by atoms with Crippen LogP contribution in [0.1, 0.15) is 25.3 Å². The number of hydrogen-bond acceptors (Lipinski definition) is 7. The molecule has 1 aromatic heterocycles. The number of benzene rings is 2. The summed E-state index contributed by atoms with van der Waals surface area (Å²) >= 11 is 1.26. The molecule has 1 atom stereocenters. The van der Waals surface area contributed by atoms with Crippen LogP contribution in [-0.2, 0) is 19.6 Å². The fourth-order valence-electron chi connectivity index (χ4n) is 3.43. The first-order chi connectivity index (χ1) is 14.8. The number of aryl methyl sites for hydroxylation is 1. The Morgan fingerprint density at radius 1 is 1.26 bits per heavy atom. The summed E-state index contributed by atoms with van der Waals surface area (Å²) in [7, 11) is -4.14. The zero-order valence-electron chi connectivity index (χ0n) is 17.0. The zero-order valence-corrected chi connectivity index (χ0v) is 18.6. The molecule has 2 heterocycles. The molecule has 1 saturated heterocycles. The molecule has 2 amide bonds. The van der Waals surface area contributed by atoms with Gasteiger partial charge in [0.1, 0.15) is 11.8 Å². The van der Waals surface area contributed by atoms with E-state index in [4.69, 9.17) is 4.74 Å². The Morgan fingerprint density at radius 3 is 2.71 bits per heavy atom. The highest BCUT2D eigenvalue weighted by molar-refractivity contribution is 7.89. The van der Waals surface area contributed by atoms with Gasteiger partial charge in [0.05, 0.1) is 21.7 Å². The van der Waals surface area contributed by atoms with E-state index in [9.17, 15) is 18.0 Å². The summed E-state index contributed by atoms with van der Waals surface area (Å²) in [5.41, 5.74) is 1.58. The Kier molecular flexibility index (Phi) is 5.67. The van der Waals surface area contributed by atoms with E-state index in [0.29, 0.717) is 27.3 Å². The molecule has 0 saturated carbocycles. The highest BCUT2D eigenvalue weighted by Crippen LogP contribution is 2.31. The van der Waals surface area contributed by atoms with Crippen molar-refractivity contribution in [3.05, 3.63) is 48.0 Å². The summed E-state index contributed by atoms with van der Waals surface area (Å²) in [4.78, 5) is 29.7. The van der Waals surface area contributed by atoms with Crippen LogP contribution in [0.2, 0.25) is 0 Å². The van der Waals surface area contributed by atoms with Gasteiger partial charge in [-0.1, -0.05) is 29.0 Å². The number of sulfonamides is 1. The molecule has 10 heteroatoms. The summed E-state index contributed by atoms with van der Waals surface area (Å²) in [5.74, 6) is -0.467. The molecule has 1 aliphatic rings. The first-order valence-electron chi connectivity index (χ1n) is 9.78. The van der Waals surface area contributed by atoms with Gasteiger partial charge >= 0.3 is 0 Å². The van der Waals surface area contributed by atoms with E-state index in [0.717, 1.165) is 10.3 Å². The third-order valence-electron chi connectivity index (χ3n) is 4.94. The lowest BCUT2D eigenvalue weighted by Crippen LogP contribution is -2.45. The second-order valence-corrected chi connectivity index (χ2v) is 9.98. The zero-order chi connectivity index (χ0) is 22.2. The molecule has 162 valence electrons. The van der Waals surface area contributed by atoms with Crippen molar-refractivity contribution in [3.8, 4) is 5.75 Å². The number of carbonyl (C=O) groups is 2. The summed E-state index contributed by atoms with van der Waals surface area (Å²) in [6.45, 7) is 4.26. The van der Waals surface area contributed by atoms with Gasteiger partial charge in [-0.3, -0.25) is 9.59 Å². The number of nitrogens with one attached hydrogen (secondary N) is 1. The standard InChI is InChI=1S/C21H21N3O5S2/c1-3-29-14-6-9-16-18(12-14)30-21(22-16)23-20(26)17-10-11-19(25)24(17)31(27,28)15-7-4-13(2)5-8-15/h4-9,12,17H,3,10-11H2,1-2H3,(H,22,23,26)/t17-/m0/s1. The number of aromatic nitrogens is 1. The van der Waals surface area contributed by atoms with E-state index in [2.05, 4.69) is 10.3 Å². The maximum absolute atomic E-state index is 13.1. The van der Waals surface area contributed by atoms with Crippen molar-refractivity contribution in [3.63, 3.8) is 0 Å². The van der Waals surface area contributed by atoms with Crippen LogP contribution in [0.4, 0.5) is 5.13 Å². The summed E-state index contributed by atoms with van der Waals surface area (Å²) in [6.07, 6.45) is 0.107. The fourth-order valence-corrected chi connectivity index (χ4v) is 5.93. The highest BCUT2D eigenvalue weighted by Gasteiger charge is 2.44. The van der Waals surface area contributed by atoms with E-state index in [1.807, 2.05) is 19.9 Å². The van der Waals surface area contributed by atoms with Gasteiger partial charge in [0.25, 0.3) is 10.0 Å². The average Bonchev–Trinajstić information content (AvgIpc) is 3.31. The van der Waals surface area contributed by atoms with Crippen molar-refractivity contribution in [2.24, 2.45) is 0 Å². The predicted octanol–water partition coefficient (Wildman–Crippen LogP) is 3.32. The minimum absolute atomic E-state index is 0.0132. The minimum atomic E-state index is -4.14. The number of rotatable bonds is 6. The highest BCUT2D eigenvalue weighted by atomic mass is 32.2. The van der Waals surface area contributed by atoms with E-state index in [1.54, 1.807) is 24.3 Å². The smallest absolute Gasteiger partial charge is 0.267 e. The van der Waals surface area contributed by atoms with Crippen LogP contribution in [0.3, 0.4) is 0 Å². The van der Waals surface area contributed by atoms with Crippen molar-refractivity contribution in [1.29, 1.82) is 0 Å². The average molecular weight is 460 g/mol. The number of ether oxygens (including phenoxy) is 1. The van der Waals surface area contributed by atoms with Crippen LogP contribution in [0, 0.1) is 6.92 Å². The molecule has 1 fully saturated rings. The molecule has 2 aromatic carbocycles. The lowest BCUT2D eigenvalue weighted by atomic mass is 10.2. The predicted molar refractivity (Wildman–Crippen MR) is 118 cm³/mol. The van der Waals surface area contributed by atoms with Crippen LogP contribution < -0.4 is 10.1 Å². The van der Waals surface area contributed by atoms with Gasteiger partial charge in [-0.15, -0.1) is 0 Å². The summed E-state index contributed by atoms with van der Waals surface area (Å²) in [6, 6.07) is 10.5. The summed E-state index contributed by atoms with van der Waals surface area (Å²) < 4.78 is 33.1. The Labute approximate surface area is 183 Å². The van der Waals surface area contributed by atoms with Gasteiger partial charge < -0.3 is 10.1 Å². The number of hydrogen-bond donors (Lipinski definition) is 1. The van der Waals surface area contributed by atoms with Crippen molar-refractivity contribution in [2.75, 3.05) is 11.9 Å². The lowest BCUT2D eigenvalue weighted by molar-refractivity contribution is -0.128. The largest absolute Gasteiger partial charge is 0.494 e. The van der Waals surface area contributed by atoms with Gasteiger partial charge in [-0.25, -0.2) is 17.7 Å². The van der Waals surface area contributed by atoms with Crippen molar-refractivity contribution < 1.29 is 22.7 Å². The topological polar surface area (TPSA) is 106 Å². The maximum atomic E-state index is 13.1. The number of carbonyl (C=O) groups excluding carboxylic acids is 2. The number of fused-ring (bicyclic) bond motifs is 1. The van der Waals surface area contributed by atoms with E-state index in [-0.39, 0.29) is 17.7 Å². The van der Waals surface area contributed by atoms with Crippen LogP contribution in [-0.4, -0.2) is 42.2 Å². The Bertz CT molecular complexity index is 1250. The van der Waals surface area contributed by atoms with Gasteiger partial charge in [0.15, 0.2) is 5.13 Å². The fraction of sp³-hybridized carbons (Fsp3) is 0.286. The molecule has 4 rings (SSSR count). The summed E-state index contributed by atoms with van der Waals surface area (Å²) in [5, 5.41) is 3.01. The molecule has 0 aliphatic carbocycles. The number of anilines is 1. The lowest BCUT2D eigenvalue weighted by Gasteiger charge is -2.23. The third kappa shape index (κ3) is 4.13. The van der Waals surface area contributed by atoms with Crippen LogP contribution >= 0.6 is 11.3 Å². The van der Waals surface area contributed by atoms with Crippen LogP contribution in [0.5, 0.6) is 5.75 Å². The molecule has 0 radical (unpaired) electrons. The van der Waals surface area contributed by atoms with E-state index in [1.165, 1.54) is 23.5 Å². The molecule has 0 spiro atoms. The monoisotopic (exact) mass is 459 g/mol. The van der Waals surface area contributed by atoms with Gasteiger partial charge in [-0.2, -0.15) is 0 Å². The first-order valence-corrected chi connectivity index (χ1v) is 12.0. The molecule has 1 N–H and O–H groups in total. The number of amides is 2. The van der Waals surface area contributed by atoms with Gasteiger partial charge in [-0.05, 0) is 50.6 Å². The first kappa shape index (κ1) is 21.3. The number of thiazole rings is 1.